The molecule has 1 saturated heterocycles. The predicted octanol–water partition coefficient (Wildman–Crippen LogP) is 5.12. The zero-order chi connectivity index (χ0) is 23.7. The molecule has 4 aromatic rings. The number of pyridine rings is 1. The highest BCUT2D eigenvalue weighted by Gasteiger charge is 2.22. The SMILES string of the molecule is Cc1ccc(-c2nc3cc(C)ccn3c2/C=C/C(=O)N2CCN(c3ccccc3F)CC2)cc1. The van der Waals surface area contributed by atoms with Crippen LogP contribution < -0.4 is 4.90 Å². The van der Waals surface area contributed by atoms with Gasteiger partial charge in [-0.1, -0.05) is 42.0 Å². The van der Waals surface area contributed by atoms with Crippen LogP contribution in [0.3, 0.4) is 0 Å². The fourth-order valence-corrected chi connectivity index (χ4v) is 4.38. The molecule has 2 aromatic heterocycles. The lowest BCUT2D eigenvalue weighted by Crippen LogP contribution is -2.48. The van der Waals surface area contributed by atoms with Crippen LogP contribution in [-0.2, 0) is 4.79 Å². The number of benzene rings is 2. The number of nitrogens with zero attached hydrogens (tertiary/aromatic N) is 4. The van der Waals surface area contributed by atoms with Gasteiger partial charge in [0.25, 0.3) is 0 Å². The van der Waals surface area contributed by atoms with E-state index in [0.717, 1.165) is 28.2 Å². The van der Waals surface area contributed by atoms with Crippen molar-refractivity contribution in [3.8, 4) is 11.3 Å². The molecule has 1 fully saturated rings. The fourth-order valence-electron chi connectivity index (χ4n) is 4.38. The maximum atomic E-state index is 14.1. The number of carbonyl (C=O) groups is 1. The molecule has 0 bridgehead atoms. The van der Waals surface area contributed by atoms with Crippen molar-refractivity contribution in [2.75, 3.05) is 31.1 Å². The second-order valence-electron chi connectivity index (χ2n) is 8.74. The Morgan fingerprint density at radius 1 is 0.941 bits per heavy atom. The average Bonchev–Trinajstić information content (AvgIpc) is 3.21. The number of aromatic nitrogens is 2. The molecule has 1 amide bonds. The molecule has 0 saturated carbocycles. The van der Waals surface area contributed by atoms with E-state index in [9.17, 15) is 9.18 Å². The van der Waals surface area contributed by atoms with Crippen molar-refractivity contribution < 1.29 is 9.18 Å². The summed E-state index contributed by atoms with van der Waals surface area (Å²) in [7, 11) is 0. The van der Waals surface area contributed by atoms with Gasteiger partial charge in [-0.25, -0.2) is 9.37 Å². The number of anilines is 1. The number of hydrogen-bond donors (Lipinski definition) is 0. The number of para-hydroxylation sites is 1. The molecular weight excluding hydrogens is 427 g/mol. The van der Waals surface area contributed by atoms with Gasteiger partial charge in [0.15, 0.2) is 0 Å². The van der Waals surface area contributed by atoms with Crippen molar-refractivity contribution in [1.82, 2.24) is 14.3 Å². The molecule has 1 aliphatic rings. The number of amides is 1. The molecule has 5 rings (SSSR count). The Morgan fingerprint density at radius 2 is 1.68 bits per heavy atom. The summed E-state index contributed by atoms with van der Waals surface area (Å²) in [5.74, 6) is -0.279. The minimum Gasteiger partial charge on any atom is -0.366 e. The van der Waals surface area contributed by atoms with Crippen molar-refractivity contribution in [2.24, 2.45) is 0 Å². The number of hydrogen-bond acceptors (Lipinski definition) is 3. The number of halogens is 1. The molecule has 0 spiro atoms. The number of aryl methyl sites for hydroxylation is 2. The molecule has 1 aliphatic heterocycles. The molecule has 172 valence electrons. The summed E-state index contributed by atoms with van der Waals surface area (Å²) in [4.78, 5) is 21.7. The molecule has 3 heterocycles. The second kappa shape index (κ2) is 9.14. The first-order chi connectivity index (χ1) is 16.5. The predicted molar refractivity (Wildman–Crippen MR) is 134 cm³/mol. The third-order valence-electron chi connectivity index (χ3n) is 6.31. The van der Waals surface area contributed by atoms with Crippen molar-refractivity contribution in [2.45, 2.75) is 13.8 Å². The smallest absolute Gasteiger partial charge is 0.246 e. The van der Waals surface area contributed by atoms with E-state index in [-0.39, 0.29) is 11.7 Å². The first-order valence-corrected chi connectivity index (χ1v) is 11.5. The minimum atomic E-state index is -0.228. The quantitative estimate of drug-likeness (QED) is 0.402. The van der Waals surface area contributed by atoms with E-state index in [4.69, 9.17) is 4.98 Å². The number of fused-ring (bicyclic) bond motifs is 1. The molecule has 5 nitrogen and oxygen atoms in total. The molecule has 0 aliphatic carbocycles. The third kappa shape index (κ3) is 4.31. The van der Waals surface area contributed by atoms with E-state index >= 15 is 0 Å². The van der Waals surface area contributed by atoms with Crippen LogP contribution in [0.15, 0.2) is 72.9 Å². The highest BCUT2D eigenvalue weighted by molar-refractivity contribution is 5.93. The van der Waals surface area contributed by atoms with Crippen molar-refractivity contribution in [1.29, 1.82) is 0 Å². The summed E-state index contributed by atoms with van der Waals surface area (Å²) in [6, 6.07) is 19.1. The van der Waals surface area contributed by atoms with Gasteiger partial charge in [-0.3, -0.25) is 9.20 Å². The van der Waals surface area contributed by atoms with Crippen LogP contribution in [0.1, 0.15) is 16.8 Å². The van der Waals surface area contributed by atoms with Gasteiger partial charge in [0.05, 0.1) is 17.1 Å². The average molecular weight is 455 g/mol. The van der Waals surface area contributed by atoms with Gasteiger partial charge in [0.1, 0.15) is 11.5 Å². The topological polar surface area (TPSA) is 40.9 Å². The Labute approximate surface area is 198 Å². The summed E-state index contributed by atoms with van der Waals surface area (Å²) in [5, 5.41) is 0. The maximum Gasteiger partial charge on any atom is 0.246 e. The van der Waals surface area contributed by atoms with Gasteiger partial charge in [0, 0.05) is 44.0 Å². The number of imidazole rings is 1. The summed E-state index contributed by atoms with van der Waals surface area (Å²) < 4.78 is 16.1. The summed E-state index contributed by atoms with van der Waals surface area (Å²) >= 11 is 0. The lowest BCUT2D eigenvalue weighted by molar-refractivity contribution is -0.126. The summed E-state index contributed by atoms with van der Waals surface area (Å²) in [6.07, 6.45) is 5.47. The molecule has 0 atom stereocenters. The molecule has 0 N–H and O–H groups in total. The molecule has 34 heavy (non-hydrogen) atoms. The Balaban J connectivity index is 1.37. The van der Waals surface area contributed by atoms with Gasteiger partial charge in [-0.15, -0.1) is 0 Å². The Hall–Kier alpha value is -3.93. The van der Waals surface area contributed by atoms with Crippen LogP contribution in [0.5, 0.6) is 0 Å². The zero-order valence-corrected chi connectivity index (χ0v) is 19.4. The van der Waals surface area contributed by atoms with E-state index in [1.165, 1.54) is 11.6 Å². The standard InChI is InChI=1S/C28H27FN4O/c1-20-7-9-22(10-8-20)28-25(33-14-13-21(2)19-26(33)30-28)11-12-27(34)32-17-15-31(16-18-32)24-6-4-3-5-23(24)29/h3-14,19H,15-18H2,1-2H3/b12-11+. The molecule has 0 radical (unpaired) electrons. The van der Waals surface area contributed by atoms with Crippen LogP contribution in [0.2, 0.25) is 0 Å². The first kappa shape index (κ1) is 21.9. The lowest BCUT2D eigenvalue weighted by atomic mass is 10.1. The lowest BCUT2D eigenvalue weighted by Gasteiger charge is -2.35. The van der Waals surface area contributed by atoms with E-state index in [2.05, 4.69) is 31.2 Å². The van der Waals surface area contributed by atoms with Gasteiger partial charge in [-0.2, -0.15) is 0 Å². The summed E-state index contributed by atoms with van der Waals surface area (Å²) in [5.41, 5.74) is 6.49. The van der Waals surface area contributed by atoms with Crippen molar-refractivity contribution in [3.63, 3.8) is 0 Å². The molecule has 2 aromatic carbocycles. The van der Waals surface area contributed by atoms with Gasteiger partial charge >= 0.3 is 0 Å². The maximum absolute atomic E-state index is 14.1. The monoisotopic (exact) mass is 454 g/mol. The van der Waals surface area contributed by atoms with E-state index in [0.29, 0.717) is 31.9 Å². The highest BCUT2D eigenvalue weighted by Crippen LogP contribution is 2.27. The first-order valence-electron chi connectivity index (χ1n) is 11.5. The van der Waals surface area contributed by atoms with Crippen LogP contribution in [0.25, 0.3) is 23.0 Å². The molecular formula is C28H27FN4O. The van der Waals surface area contributed by atoms with Gasteiger partial charge < -0.3 is 9.80 Å². The third-order valence-corrected chi connectivity index (χ3v) is 6.31. The van der Waals surface area contributed by atoms with Crippen LogP contribution in [0, 0.1) is 19.7 Å². The molecule has 0 unspecified atom stereocenters. The summed E-state index contributed by atoms with van der Waals surface area (Å²) in [6.45, 7) is 6.40. The van der Waals surface area contributed by atoms with E-state index in [1.54, 1.807) is 18.2 Å². The van der Waals surface area contributed by atoms with Gasteiger partial charge in [0.2, 0.25) is 5.91 Å². The largest absolute Gasteiger partial charge is 0.366 e. The minimum absolute atomic E-state index is 0.0508. The van der Waals surface area contributed by atoms with Crippen LogP contribution in [-0.4, -0.2) is 46.4 Å². The Kier molecular flexibility index (Phi) is 5.88. The van der Waals surface area contributed by atoms with Crippen LogP contribution >= 0.6 is 0 Å². The fraction of sp³-hybridized carbons (Fsp3) is 0.214. The second-order valence-corrected chi connectivity index (χ2v) is 8.74. The molecule has 6 heteroatoms. The Bertz CT molecular complexity index is 1370. The van der Waals surface area contributed by atoms with Crippen molar-refractivity contribution in [3.05, 3.63) is 95.6 Å². The highest BCUT2D eigenvalue weighted by atomic mass is 19.1. The number of piperazine rings is 1. The Morgan fingerprint density at radius 3 is 2.41 bits per heavy atom. The zero-order valence-electron chi connectivity index (χ0n) is 19.4. The van der Waals surface area contributed by atoms with Crippen molar-refractivity contribution >= 4 is 23.3 Å². The number of carbonyl (C=O) groups excluding carboxylic acids is 1. The number of rotatable bonds is 4. The van der Waals surface area contributed by atoms with E-state index < -0.39 is 0 Å². The normalized spacial score (nSPS) is 14.3. The van der Waals surface area contributed by atoms with Crippen LogP contribution in [0.4, 0.5) is 10.1 Å². The van der Waals surface area contributed by atoms with Gasteiger partial charge in [-0.05, 0) is 49.8 Å². The van der Waals surface area contributed by atoms with E-state index in [1.807, 2.05) is 51.6 Å².